The zero-order chi connectivity index (χ0) is 21.6. The van der Waals surface area contributed by atoms with Gasteiger partial charge in [-0.05, 0) is 60.1 Å². The molecular weight excluding hydrogens is 362 g/mol. The van der Waals surface area contributed by atoms with Crippen molar-refractivity contribution in [3.8, 4) is 11.5 Å². The highest BCUT2D eigenvalue weighted by molar-refractivity contribution is 5.81. The van der Waals surface area contributed by atoms with Crippen molar-refractivity contribution in [3.63, 3.8) is 0 Å². The summed E-state index contributed by atoms with van der Waals surface area (Å²) >= 11 is 0. The van der Waals surface area contributed by atoms with Crippen molar-refractivity contribution in [2.75, 3.05) is 7.11 Å². The van der Waals surface area contributed by atoms with Gasteiger partial charge in [0.25, 0.3) is 5.91 Å². The number of hydrogen-bond donors (Lipinski definition) is 1. The first kappa shape index (κ1) is 22.8. The molecule has 0 unspecified atom stereocenters. The van der Waals surface area contributed by atoms with Crippen LogP contribution in [-0.2, 0) is 10.2 Å². The molecule has 29 heavy (non-hydrogen) atoms. The summed E-state index contributed by atoms with van der Waals surface area (Å²) in [6, 6.07) is 15.8. The number of rotatable bonds is 8. The molecule has 0 fully saturated rings. The van der Waals surface area contributed by atoms with Gasteiger partial charge in [-0.1, -0.05) is 58.9 Å². The predicted octanol–water partition coefficient (Wildman–Crippen LogP) is 5.66. The molecule has 2 aromatic carbocycles. The Morgan fingerprint density at radius 3 is 1.97 bits per heavy atom. The average molecular weight is 398 g/mol. The van der Waals surface area contributed by atoms with Gasteiger partial charge in [-0.3, -0.25) is 4.79 Å². The van der Waals surface area contributed by atoms with E-state index in [2.05, 4.69) is 52.1 Å². The largest absolute Gasteiger partial charge is 0.497 e. The third-order valence-corrected chi connectivity index (χ3v) is 4.94. The van der Waals surface area contributed by atoms with Crippen LogP contribution in [0.1, 0.15) is 65.1 Å². The van der Waals surface area contributed by atoms with E-state index in [1.165, 1.54) is 5.56 Å². The first-order chi connectivity index (χ1) is 13.6. The normalized spacial score (nSPS) is 13.7. The lowest BCUT2D eigenvalue weighted by molar-refractivity contribution is -0.128. The lowest BCUT2D eigenvalue weighted by atomic mass is 9.87. The molecular formula is C25H35NO3. The van der Waals surface area contributed by atoms with E-state index in [4.69, 9.17) is 9.47 Å². The zero-order valence-corrected chi connectivity index (χ0v) is 18.8. The zero-order valence-electron chi connectivity index (χ0n) is 18.8. The van der Waals surface area contributed by atoms with Crippen molar-refractivity contribution in [3.05, 3.63) is 59.7 Å². The van der Waals surface area contributed by atoms with Crippen LogP contribution < -0.4 is 14.8 Å². The highest BCUT2D eigenvalue weighted by atomic mass is 16.5. The molecule has 4 heteroatoms. The standard InChI is InChI=1S/C25H35NO3/c1-17(2)16-23(19-8-12-21(28-7)13-9-19)26-24(27)18(3)29-22-14-10-20(11-15-22)25(4,5)6/h8-15,17-18,23H,16H2,1-7H3,(H,26,27)/t18-,23+/m1/s1. The predicted molar refractivity (Wildman–Crippen MR) is 119 cm³/mol. The van der Waals surface area contributed by atoms with Crippen LogP contribution in [0.5, 0.6) is 11.5 Å². The van der Waals surface area contributed by atoms with Crippen molar-refractivity contribution in [1.82, 2.24) is 5.32 Å². The molecule has 0 spiro atoms. The number of nitrogens with one attached hydrogen (secondary N) is 1. The van der Waals surface area contributed by atoms with Crippen LogP contribution in [-0.4, -0.2) is 19.1 Å². The van der Waals surface area contributed by atoms with Crippen molar-refractivity contribution in [1.29, 1.82) is 0 Å². The maximum atomic E-state index is 12.8. The van der Waals surface area contributed by atoms with E-state index in [1.807, 2.05) is 36.4 Å². The number of amides is 1. The molecule has 158 valence electrons. The third-order valence-electron chi connectivity index (χ3n) is 4.94. The van der Waals surface area contributed by atoms with Crippen molar-refractivity contribution in [2.45, 2.75) is 65.5 Å². The maximum Gasteiger partial charge on any atom is 0.261 e. The van der Waals surface area contributed by atoms with Gasteiger partial charge in [0.2, 0.25) is 0 Å². The van der Waals surface area contributed by atoms with Crippen LogP contribution in [0.4, 0.5) is 0 Å². The fourth-order valence-electron chi connectivity index (χ4n) is 3.17. The fourth-order valence-corrected chi connectivity index (χ4v) is 3.17. The van der Waals surface area contributed by atoms with Gasteiger partial charge in [-0.25, -0.2) is 0 Å². The van der Waals surface area contributed by atoms with Crippen LogP contribution in [0, 0.1) is 5.92 Å². The number of benzene rings is 2. The Labute approximate surface area is 175 Å². The van der Waals surface area contributed by atoms with Crippen molar-refractivity contribution >= 4 is 5.91 Å². The smallest absolute Gasteiger partial charge is 0.261 e. The molecule has 1 amide bonds. The van der Waals surface area contributed by atoms with Gasteiger partial charge in [-0.2, -0.15) is 0 Å². The van der Waals surface area contributed by atoms with Gasteiger partial charge in [0, 0.05) is 0 Å². The lowest BCUT2D eigenvalue weighted by Crippen LogP contribution is -2.39. The van der Waals surface area contributed by atoms with Gasteiger partial charge >= 0.3 is 0 Å². The quantitative estimate of drug-likeness (QED) is 0.625. The topological polar surface area (TPSA) is 47.6 Å². The van der Waals surface area contributed by atoms with Crippen LogP contribution in [0.25, 0.3) is 0 Å². The average Bonchev–Trinajstić information content (AvgIpc) is 2.66. The van der Waals surface area contributed by atoms with Crippen LogP contribution in [0.3, 0.4) is 0 Å². The molecule has 0 aliphatic carbocycles. The van der Waals surface area contributed by atoms with Gasteiger partial charge in [0.1, 0.15) is 11.5 Å². The van der Waals surface area contributed by atoms with E-state index < -0.39 is 6.10 Å². The number of hydrogen-bond acceptors (Lipinski definition) is 3. The molecule has 2 rings (SSSR count). The minimum Gasteiger partial charge on any atom is -0.497 e. The molecule has 0 saturated heterocycles. The Morgan fingerprint density at radius 2 is 1.48 bits per heavy atom. The molecule has 0 aliphatic heterocycles. The maximum absolute atomic E-state index is 12.8. The highest BCUT2D eigenvalue weighted by Crippen LogP contribution is 2.26. The molecule has 0 bridgehead atoms. The van der Waals surface area contributed by atoms with Gasteiger partial charge < -0.3 is 14.8 Å². The van der Waals surface area contributed by atoms with E-state index in [0.717, 1.165) is 17.7 Å². The summed E-state index contributed by atoms with van der Waals surface area (Å²) in [4.78, 5) is 12.8. The second-order valence-corrected chi connectivity index (χ2v) is 9.00. The summed E-state index contributed by atoms with van der Waals surface area (Å²) in [7, 11) is 1.65. The summed E-state index contributed by atoms with van der Waals surface area (Å²) in [5.74, 6) is 1.83. The second kappa shape index (κ2) is 9.82. The monoisotopic (exact) mass is 397 g/mol. The highest BCUT2D eigenvalue weighted by Gasteiger charge is 2.22. The van der Waals surface area contributed by atoms with Crippen LogP contribution >= 0.6 is 0 Å². The molecule has 2 aromatic rings. The number of carbonyl (C=O) groups is 1. The summed E-state index contributed by atoms with van der Waals surface area (Å²) in [5.41, 5.74) is 2.39. The van der Waals surface area contributed by atoms with Gasteiger partial charge in [-0.15, -0.1) is 0 Å². The van der Waals surface area contributed by atoms with Gasteiger partial charge in [0.15, 0.2) is 6.10 Å². The minimum atomic E-state index is -0.580. The molecule has 0 aromatic heterocycles. The first-order valence-corrected chi connectivity index (χ1v) is 10.3. The SMILES string of the molecule is COc1ccc([C@H](CC(C)C)NC(=O)[C@@H](C)Oc2ccc(C(C)(C)C)cc2)cc1. The Kier molecular flexibility index (Phi) is 7.72. The van der Waals surface area contributed by atoms with Crippen LogP contribution in [0.15, 0.2) is 48.5 Å². The second-order valence-electron chi connectivity index (χ2n) is 9.00. The molecule has 2 atom stereocenters. The number of methoxy groups -OCH3 is 1. The lowest BCUT2D eigenvalue weighted by Gasteiger charge is -2.24. The summed E-state index contributed by atoms with van der Waals surface area (Å²) in [5, 5.41) is 3.15. The Balaban J connectivity index is 2.05. The Bertz CT molecular complexity index is 773. The fraction of sp³-hybridized carbons (Fsp3) is 0.480. The number of carbonyl (C=O) groups excluding carboxylic acids is 1. The molecule has 1 N–H and O–H groups in total. The Hall–Kier alpha value is -2.49. The molecule has 0 saturated carbocycles. The van der Waals surface area contributed by atoms with Gasteiger partial charge in [0.05, 0.1) is 13.2 Å². The van der Waals surface area contributed by atoms with E-state index in [-0.39, 0.29) is 17.4 Å². The molecule has 0 aliphatic rings. The molecule has 4 nitrogen and oxygen atoms in total. The van der Waals surface area contributed by atoms with E-state index in [1.54, 1.807) is 14.0 Å². The molecule has 0 radical (unpaired) electrons. The third kappa shape index (κ3) is 6.81. The molecule has 0 heterocycles. The van der Waals surface area contributed by atoms with Crippen LogP contribution in [0.2, 0.25) is 0 Å². The van der Waals surface area contributed by atoms with E-state index in [9.17, 15) is 4.79 Å². The summed E-state index contributed by atoms with van der Waals surface area (Å²) < 4.78 is 11.1. The minimum absolute atomic E-state index is 0.0669. The number of ether oxygens (including phenoxy) is 2. The van der Waals surface area contributed by atoms with E-state index >= 15 is 0 Å². The first-order valence-electron chi connectivity index (χ1n) is 10.3. The summed E-state index contributed by atoms with van der Waals surface area (Å²) in [6.45, 7) is 12.6. The van der Waals surface area contributed by atoms with Crippen molar-refractivity contribution in [2.24, 2.45) is 5.92 Å². The Morgan fingerprint density at radius 1 is 0.931 bits per heavy atom. The van der Waals surface area contributed by atoms with Crippen molar-refractivity contribution < 1.29 is 14.3 Å². The summed E-state index contributed by atoms with van der Waals surface area (Å²) in [6.07, 6.45) is 0.272. The van der Waals surface area contributed by atoms with E-state index in [0.29, 0.717) is 11.7 Å².